The number of nitrogens with zero attached hydrogens (tertiary/aromatic N) is 1. The Morgan fingerprint density at radius 1 is 1.19 bits per heavy atom. The number of aromatic amines is 1. The van der Waals surface area contributed by atoms with Gasteiger partial charge in [-0.3, -0.25) is 14.4 Å². The Morgan fingerprint density at radius 3 is 2.19 bits per heavy atom. The third kappa shape index (κ3) is 1.97. The van der Waals surface area contributed by atoms with Crippen molar-refractivity contribution >= 4 is 17.7 Å². The fraction of sp³-hybridized carbons (Fsp3) is 0.533. The number of nitrogens with one attached hydrogen (secondary N) is 1. The molecule has 1 saturated carbocycles. The molecule has 112 valence electrons. The lowest BCUT2D eigenvalue weighted by Gasteiger charge is -2.19. The lowest BCUT2D eigenvalue weighted by atomic mass is 10.1. The van der Waals surface area contributed by atoms with Gasteiger partial charge in [-0.25, -0.2) is 0 Å². The maximum Gasteiger partial charge on any atom is 0.307 e. The second-order valence-electron chi connectivity index (χ2n) is 6.08. The summed E-state index contributed by atoms with van der Waals surface area (Å²) in [5.74, 6) is -1.05. The molecule has 1 aromatic rings. The first kappa shape index (κ1) is 13.9. The van der Waals surface area contributed by atoms with Crippen molar-refractivity contribution in [2.45, 2.75) is 20.8 Å². The molecule has 0 radical (unpaired) electrons. The number of ketones is 1. The third-order valence-corrected chi connectivity index (χ3v) is 4.77. The number of aromatic nitrogens is 1. The summed E-state index contributed by atoms with van der Waals surface area (Å²) < 4.78 is 0. The van der Waals surface area contributed by atoms with Gasteiger partial charge in [0.2, 0.25) is 0 Å². The number of aliphatic carboxylic acids is 1. The van der Waals surface area contributed by atoms with Crippen LogP contribution in [0.5, 0.6) is 0 Å². The minimum absolute atomic E-state index is 0.0927. The molecule has 21 heavy (non-hydrogen) atoms. The summed E-state index contributed by atoms with van der Waals surface area (Å²) in [7, 11) is 0. The highest BCUT2D eigenvalue weighted by atomic mass is 16.4. The summed E-state index contributed by atoms with van der Waals surface area (Å²) in [6.45, 7) is 6.02. The van der Waals surface area contributed by atoms with Gasteiger partial charge in [-0.05, 0) is 31.2 Å². The summed E-state index contributed by atoms with van der Waals surface area (Å²) in [5.41, 5.74) is 2.40. The minimum atomic E-state index is -0.759. The van der Waals surface area contributed by atoms with E-state index in [2.05, 4.69) is 4.98 Å². The Balaban J connectivity index is 1.79. The van der Waals surface area contributed by atoms with Crippen molar-refractivity contribution in [1.29, 1.82) is 0 Å². The lowest BCUT2D eigenvalue weighted by Crippen LogP contribution is -2.33. The van der Waals surface area contributed by atoms with Gasteiger partial charge in [0.1, 0.15) is 0 Å². The number of rotatable bonds is 3. The van der Waals surface area contributed by atoms with Crippen LogP contribution in [-0.4, -0.2) is 45.7 Å². The number of hydrogen-bond donors (Lipinski definition) is 2. The second kappa shape index (κ2) is 4.44. The number of amides is 1. The smallest absolute Gasteiger partial charge is 0.307 e. The number of Topliss-reactive ketones (excluding diaryl/α,β-unsaturated/α-hetero) is 1. The highest BCUT2D eigenvalue weighted by molar-refractivity contribution is 6.02. The van der Waals surface area contributed by atoms with Crippen molar-refractivity contribution < 1.29 is 19.5 Å². The van der Waals surface area contributed by atoms with E-state index in [4.69, 9.17) is 5.11 Å². The van der Waals surface area contributed by atoms with E-state index in [0.717, 1.165) is 0 Å². The molecule has 2 N–H and O–H groups in total. The van der Waals surface area contributed by atoms with Crippen LogP contribution in [0.3, 0.4) is 0 Å². The molecule has 1 saturated heterocycles. The van der Waals surface area contributed by atoms with Crippen LogP contribution < -0.4 is 0 Å². The van der Waals surface area contributed by atoms with Crippen LogP contribution in [0.15, 0.2) is 0 Å². The molecule has 0 aromatic carbocycles. The zero-order chi connectivity index (χ0) is 15.5. The number of carboxylic acids is 1. The number of hydrogen-bond acceptors (Lipinski definition) is 3. The molecule has 6 heteroatoms. The summed E-state index contributed by atoms with van der Waals surface area (Å²) >= 11 is 0. The molecule has 1 amide bonds. The molecule has 1 aliphatic heterocycles. The molecular weight excluding hydrogens is 272 g/mol. The van der Waals surface area contributed by atoms with E-state index in [1.807, 2.05) is 0 Å². The van der Waals surface area contributed by atoms with Crippen LogP contribution in [0.2, 0.25) is 0 Å². The molecule has 0 bridgehead atoms. The van der Waals surface area contributed by atoms with Crippen LogP contribution >= 0.6 is 0 Å². The Kier molecular flexibility index (Phi) is 2.93. The molecule has 1 aliphatic carbocycles. The largest absolute Gasteiger partial charge is 0.481 e. The zero-order valence-electron chi connectivity index (χ0n) is 12.3. The normalized spacial score (nSPS) is 26.6. The molecule has 1 aromatic heterocycles. The Hall–Kier alpha value is -2.11. The molecule has 2 aliphatic rings. The first-order valence-electron chi connectivity index (χ1n) is 7.05. The molecule has 0 spiro atoms. The van der Waals surface area contributed by atoms with Crippen molar-refractivity contribution in [3.63, 3.8) is 0 Å². The van der Waals surface area contributed by atoms with Crippen LogP contribution in [0, 0.1) is 31.6 Å². The van der Waals surface area contributed by atoms with E-state index in [1.165, 1.54) is 6.92 Å². The number of aryl methyl sites for hydroxylation is 1. The van der Waals surface area contributed by atoms with E-state index in [-0.39, 0.29) is 29.4 Å². The van der Waals surface area contributed by atoms with Gasteiger partial charge in [0, 0.05) is 25.7 Å². The highest BCUT2D eigenvalue weighted by Crippen LogP contribution is 2.52. The van der Waals surface area contributed by atoms with Gasteiger partial charge >= 0.3 is 5.97 Å². The van der Waals surface area contributed by atoms with Gasteiger partial charge in [0.05, 0.1) is 17.2 Å². The van der Waals surface area contributed by atoms with Crippen molar-refractivity contribution in [2.75, 3.05) is 13.1 Å². The number of likely N-dealkylation sites (tertiary alicyclic amines) is 1. The average molecular weight is 290 g/mol. The van der Waals surface area contributed by atoms with Gasteiger partial charge in [0.25, 0.3) is 5.91 Å². The predicted octanol–water partition coefficient (Wildman–Crippen LogP) is 1.24. The maximum atomic E-state index is 12.6. The summed E-state index contributed by atoms with van der Waals surface area (Å²) in [5, 5.41) is 9.01. The molecule has 2 heterocycles. The van der Waals surface area contributed by atoms with E-state index in [0.29, 0.717) is 35.6 Å². The van der Waals surface area contributed by atoms with Crippen LogP contribution in [0.25, 0.3) is 0 Å². The molecule has 6 nitrogen and oxygen atoms in total. The number of carbonyl (C=O) groups excluding carboxylic acids is 2. The first-order valence-corrected chi connectivity index (χ1v) is 7.05. The second-order valence-corrected chi connectivity index (χ2v) is 6.08. The lowest BCUT2D eigenvalue weighted by molar-refractivity contribution is -0.139. The van der Waals surface area contributed by atoms with Crippen molar-refractivity contribution in [3.05, 3.63) is 22.5 Å². The minimum Gasteiger partial charge on any atom is -0.481 e. The number of carboxylic acid groups (broad SMARTS) is 1. The highest BCUT2D eigenvalue weighted by Gasteiger charge is 2.60. The quantitative estimate of drug-likeness (QED) is 0.819. The Labute approximate surface area is 122 Å². The standard InChI is InChI=1S/C15H18N2O4/c1-6-11(7(2)16-13(6)8(3)18)14(19)17-4-9-10(5-17)12(9)15(20)21/h9-10,12,16H,4-5H2,1-3H3,(H,20,21)/t9-,10+,12?. The first-order chi connectivity index (χ1) is 9.82. The van der Waals surface area contributed by atoms with Gasteiger partial charge in [-0.1, -0.05) is 0 Å². The van der Waals surface area contributed by atoms with Crippen molar-refractivity contribution in [3.8, 4) is 0 Å². The molecule has 2 fully saturated rings. The number of H-pyrrole nitrogens is 1. The summed E-state index contributed by atoms with van der Waals surface area (Å²) in [4.78, 5) is 39.8. The molecule has 1 unspecified atom stereocenters. The Morgan fingerprint density at radius 2 is 1.76 bits per heavy atom. The van der Waals surface area contributed by atoms with Crippen LogP contribution in [-0.2, 0) is 4.79 Å². The maximum absolute atomic E-state index is 12.6. The van der Waals surface area contributed by atoms with E-state index in [9.17, 15) is 14.4 Å². The van der Waals surface area contributed by atoms with Gasteiger partial charge in [-0.2, -0.15) is 0 Å². The zero-order valence-corrected chi connectivity index (χ0v) is 12.3. The van der Waals surface area contributed by atoms with Crippen molar-refractivity contribution in [2.24, 2.45) is 17.8 Å². The van der Waals surface area contributed by atoms with Gasteiger partial charge < -0.3 is 15.0 Å². The van der Waals surface area contributed by atoms with Gasteiger partial charge in [0.15, 0.2) is 5.78 Å². The Bertz CT molecular complexity index is 649. The van der Waals surface area contributed by atoms with E-state index >= 15 is 0 Å². The monoisotopic (exact) mass is 290 g/mol. The van der Waals surface area contributed by atoms with E-state index in [1.54, 1.807) is 18.7 Å². The van der Waals surface area contributed by atoms with E-state index < -0.39 is 5.97 Å². The third-order valence-electron chi connectivity index (χ3n) is 4.77. The topological polar surface area (TPSA) is 90.5 Å². The van der Waals surface area contributed by atoms with Crippen LogP contribution in [0.1, 0.15) is 39.0 Å². The summed E-state index contributed by atoms with van der Waals surface area (Å²) in [6, 6.07) is 0. The SMILES string of the molecule is CC(=O)c1[nH]c(C)c(C(=O)N2C[C@@H]3C(C(=O)O)[C@@H]3C2)c1C. The number of carbonyl (C=O) groups is 3. The number of piperidine rings is 1. The van der Waals surface area contributed by atoms with Crippen LogP contribution in [0.4, 0.5) is 0 Å². The molecule has 3 atom stereocenters. The van der Waals surface area contributed by atoms with Crippen molar-refractivity contribution in [1.82, 2.24) is 9.88 Å². The fourth-order valence-electron chi connectivity index (χ4n) is 3.64. The van der Waals surface area contributed by atoms with Gasteiger partial charge in [-0.15, -0.1) is 0 Å². The summed E-state index contributed by atoms with van der Waals surface area (Å²) in [6.07, 6.45) is 0. The fourth-order valence-corrected chi connectivity index (χ4v) is 3.64. The molecular formula is C15H18N2O4. The molecule has 3 rings (SSSR count). The predicted molar refractivity (Wildman–Crippen MR) is 74.3 cm³/mol. The number of fused-ring (bicyclic) bond motifs is 1. The average Bonchev–Trinajstić information content (AvgIpc) is 2.75.